The Labute approximate surface area is 189 Å². The number of benzene rings is 2. The molecule has 2 aromatic rings. The van der Waals surface area contributed by atoms with Gasteiger partial charge in [-0.05, 0) is 24.6 Å². The van der Waals surface area contributed by atoms with E-state index in [1.165, 1.54) is 22.9 Å². The number of nitrogens with zero attached hydrogens (tertiary/aromatic N) is 3. The third kappa shape index (κ3) is 5.75. The first-order valence-electron chi connectivity index (χ1n) is 10.8. The fourth-order valence-corrected chi connectivity index (χ4v) is 3.77. The van der Waals surface area contributed by atoms with Crippen LogP contribution in [0.1, 0.15) is 6.92 Å². The van der Waals surface area contributed by atoms with Crippen molar-refractivity contribution in [2.24, 2.45) is 0 Å². The lowest BCUT2D eigenvalue weighted by atomic mass is 10.0. The highest BCUT2D eigenvalue weighted by Gasteiger charge is 2.23. The molecule has 2 aromatic carbocycles. The highest BCUT2D eigenvalue weighted by molar-refractivity contribution is 6.02. The summed E-state index contributed by atoms with van der Waals surface area (Å²) in [6.07, 6.45) is 1.49. The maximum Gasteiger partial charge on any atom is 0.268 e. The highest BCUT2D eigenvalue weighted by atomic mass is 16.2. The van der Waals surface area contributed by atoms with Crippen LogP contribution in [-0.2, 0) is 9.59 Å². The molecule has 0 bridgehead atoms. The summed E-state index contributed by atoms with van der Waals surface area (Å²) in [5.74, 6) is -0.454. The smallest absolute Gasteiger partial charge is 0.268 e. The third-order valence-electron chi connectivity index (χ3n) is 5.43. The van der Waals surface area contributed by atoms with Crippen molar-refractivity contribution < 1.29 is 9.59 Å². The SMILES string of the molecule is CC(=N)/C=C(/C(=O)NCC(=O)N1CCN(c2ccccc2-c2ccccc2)CC1)N(C)C. The summed E-state index contributed by atoms with van der Waals surface area (Å²) in [6, 6.07) is 18.7. The summed E-state index contributed by atoms with van der Waals surface area (Å²) < 4.78 is 0. The van der Waals surface area contributed by atoms with Crippen LogP contribution in [0.15, 0.2) is 66.4 Å². The first-order valence-corrected chi connectivity index (χ1v) is 10.8. The van der Waals surface area contributed by atoms with Crippen LogP contribution < -0.4 is 10.2 Å². The van der Waals surface area contributed by atoms with Gasteiger partial charge in [-0.1, -0.05) is 48.5 Å². The van der Waals surface area contributed by atoms with Crippen molar-refractivity contribution in [3.8, 4) is 11.1 Å². The van der Waals surface area contributed by atoms with Gasteiger partial charge in [-0.2, -0.15) is 0 Å². The van der Waals surface area contributed by atoms with E-state index in [1.807, 2.05) is 30.3 Å². The Balaban J connectivity index is 1.58. The number of carbonyl (C=O) groups is 2. The van der Waals surface area contributed by atoms with Gasteiger partial charge in [-0.15, -0.1) is 0 Å². The number of anilines is 1. The molecular weight excluding hydrogens is 402 g/mol. The zero-order valence-electron chi connectivity index (χ0n) is 19.0. The summed E-state index contributed by atoms with van der Waals surface area (Å²) in [5, 5.41) is 10.3. The van der Waals surface area contributed by atoms with Crippen LogP contribution in [0.4, 0.5) is 5.69 Å². The molecule has 0 unspecified atom stereocenters. The molecule has 1 aliphatic heterocycles. The molecule has 0 atom stereocenters. The maximum absolute atomic E-state index is 12.7. The van der Waals surface area contributed by atoms with Crippen LogP contribution in [0.25, 0.3) is 11.1 Å². The van der Waals surface area contributed by atoms with Gasteiger partial charge in [0, 0.05) is 57.2 Å². The molecule has 7 heteroatoms. The summed E-state index contributed by atoms with van der Waals surface area (Å²) in [7, 11) is 3.48. The molecule has 2 amide bonds. The van der Waals surface area contributed by atoms with E-state index in [4.69, 9.17) is 5.41 Å². The number of amides is 2. The van der Waals surface area contributed by atoms with E-state index in [0.29, 0.717) is 18.8 Å². The molecule has 0 spiro atoms. The molecule has 0 saturated carbocycles. The molecule has 1 saturated heterocycles. The third-order valence-corrected chi connectivity index (χ3v) is 5.43. The molecule has 168 valence electrons. The molecule has 32 heavy (non-hydrogen) atoms. The topological polar surface area (TPSA) is 79.7 Å². The van der Waals surface area contributed by atoms with Crippen molar-refractivity contribution >= 4 is 23.2 Å². The van der Waals surface area contributed by atoms with Gasteiger partial charge < -0.3 is 25.4 Å². The molecule has 3 rings (SSSR count). The number of allylic oxidation sites excluding steroid dienone is 1. The van der Waals surface area contributed by atoms with Crippen LogP contribution in [0, 0.1) is 5.41 Å². The molecule has 0 aromatic heterocycles. The number of likely N-dealkylation sites (N-methyl/N-ethyl adjacent to an activating group) is 1. The minimum atomic E-state index is -0.356. The number of para-hydroxylation sites is 1. The Morgan fingerprint density at radius 2 is 1.62 bits per heavy atom. The number of nitrogens with one attached hydrogen (secondary N) is 2. The summed E-state index contributed by atoms with van der Waals surface area (Å²) in [4.78, 5) is 30.8. The van der Waals surface area contributed by atoms with E-state index in [0.717, 1.165) is 13.1 Å². The predicted octanol–water partition coefficient (Wildman–Crippen LogP) is 2.60. The lowest BCUT2D eigenvalue weighted by Crippen LogP contribution is -2.51. The number of piperazine rings is 1. The second-order valence-corrected chi connectivity index (χ2v) is 8.04. The van der Waals surface area contributed by atoms with Crippen molar-refractivity contribution in [3.63, 3.8) is 0 Å². The number of hydrogen-bond donors (Lipinski definition) is 2. The van der Waals surface area contributed by atoms with Crippen molar-refractivity contribution in [1.29, 1.82) is 5.41 Å². The fourth-order valence-electron chi connectivity index (χ4n) is 3.77. The quantitative estimate of drug-likeness (QED) is 0.520. The molecule has 0 radical (unpaired) electrons. The average molecular weight is 434 g/mol. The van der Waals surface area contributed by atoms with E-state index in [2.05, 4.69) is 34.5 Å². The van der Waals surface area contributed by atoms with Gasteiger partial charge in [0.25, 0.3) is 5.91 Å². The molecule has 1 aliphatic rings. The van der Waals surface area contributed by atoms with Crippen molar-refractivity contribution in [2.75, 3.05) is 51.7 Å². The van der Waals surface area contributed by atoms with Crippen molar-refractivity contribution in [2.45, 2.75) is 6.92 Å². The van der Waals surface area contributed by atoms with Crippen molar-refractivity contribution in [3.05, 3.63) is 66.4 Å². The minimum absolute atomic E-state index is 0.0539. The Kier molecular flexibility index (Phi) is 7.65. The number of hydrogen-bond acceptors (Lipinski definition) is 5. The molecule has 1 heterocycles. The van der Waals surface area contributed by atoms with Crippen LogP contribution in [0.2, 0.25) is 0 Å². The van der Waals surface area contributed by atoms with Gasteiger partial charge in [0.2, 0.25) is 5.91 Å². The van der Waals surface area contributed by atoms with Crippen molar-refractivity contribution in [1.82, 2.24) is 15.1 Å². The standard InChI is InChI=1S/C25H31N5O2/c1-19(26)17-23(28(2)3)25(32)27-18-24(31)30-15-13-29(14-16-30)22-12-8-7-11-21(22)20-9-5-4-6-10-20/h4-12,17,26H,13-16,18H2,1-3H3,(H,27,32)/b23-17-,26-19?. The second-order valence-electron chi connectivity index (χ2n) is 8.04. The largest absolute Gasteiger partial charge is 0.373 e. The molecule has 7 nitrogen and oxygen atoms in total. The molecule has 1 fully saturated rings. The van der Waals surface area contributed by atoms with E-state index in [1.54, 1.807) is 30.8 Å². The lowest BCUT2D eigenvalue weighted by molar-refractivity contribution is -0.132. The number of rotatable bonds is 7. The highest BCUT2D eigenvalue weighted by Crippen LogP contribution is 2.31. The first kappa shape index (κ1) is 23.1. The van der Waals surface area contributed by atoms with Crippen LogP contribution in [0.3, 0.4) is 0 Å². The monoisotopic (exact) mass is 433 g/mol. The predicted molar refractivity (Wildman–Crippen MR) is 129 cm³/mol. The Bertz CT molecular complexity index is 992. The zero-order valence-corrected chi connectivity index (χ0v) is 19.0. The van der Waals surface area contributed by atoms with E-state index < -0.39 is 0 Å². The normalized spacial score (nSPS) is 14.2. The Hall–Kier alpha value is -3.61. The maximum atomic E-state index is 12.7. The lowest BCUT2D eigenvalue weighted by Gasteiger charge is -2.37. The summed E-state index contributed by atoms with van der Waals surface area (Å²) in [5.41, 5.74) is 4.16. The van der Waals surface area contributed by atoms with Gasteiger partial charge in [0.05, 0.1) is 6.54 Å². The summed E-state index contributed by atoms with van der Waals surface area (Å²) in [6.45, 7) is 4.24. The second kappa shape index (κ2) is 10.6. The minimum Gasteiger partial charge on any atom is -0.373 e. The van der Waals surface area contributed by atoms with Gasteiger partial charge in [-0.3, -0.25) is 9.59 Å². The fraction of sp³-hybridized carbons (Fsp3) is 0.320. The summed E-state index contributed by atoms with van der Waals surface area (Å²) >= 11 is 0. The van der Waals surface area contributed by atoms with Gasteiger partial charge >= 0.3 is 0 Å². The molecule has 0 aliphatic carbocycles. The molecular formula is C25H31N5O2. The van der Waals surface area contributed by atoms with Gasteiger partial charge in [0.1, 0.15) is 5.70 Å². The van der Waals surface area contributed by atoms with E-state index in [9.17, 15) is 9.59 Å². The first-order chi connectivity index (χ1) is 15.4. The Morgan fingerprint density at radius 1 is 1.00 bits per heavy atom. The van der Waals surface area contributed by atoms with E-state index in [-0.39, 0.29) is 24.1 Å². The number of carbonyl (C=O) groups excluding carboxylic acids is 2. The molecule has 2 N–H and O–H groups in total. The van der Waals surface area contributed by atoms with Gasteiger partial charge in [-0.25, -0.2) is 0 Å². The van der Waals surface area contributed by atoms with E-state index >= 15 is 0 Å². The van der Waals surface area contributed by atoms with Gasteiger partial charge in [0.15, 0.2) is 0 Å². The zero-order chi connectivity index (χ0) is 23.1. The Morgan fingerprint density at radius 3 is 2.25 bits per heavy atom. The van der Waals surface area contributed by atoms with Crippen LogP contribution >= 0.6 is 0 Å². The average Bonchev–Trinajstić information content (AvgIpc) is 2.81. The van der Waals surface area contributed by atoms with Crippen LogP contribution in [-0.4, -0.2) is 74.1 Å². The van der Waals surface area contributed by atoms with Crippen LogP contribution in [0.5, 0.6) is 0 Å².